The predicted molar refractivity (Wildman–Crippen MR) is 69.9 cm³/mol. The molecule has 3 heteroatoms. The van der Waals surface area contributed by atoms with E-state index in [9.17, 15) is 4.79 Å². The quantitative estimate of drug-likeness (QED) is 0.814. The van der Waals surface area contributed by atoms with E-state index in [-0.39, 0.29) is 0 Å². The maximum absolute atomic E-state index is 12.3. The van der Waals surface area contributed by atoms with Crippen LogP contribution in [-0.4, -0.2) is 36.5 Å². The average Bonchev–Trinajstić information content (AvgIpc) is 2.83. The zero-order chi connectivity index (χ0) is 12.1. The highest BCUT2D eigenvalue weighted by atomic mass is 16.2. The lowest BCUT2D eigenvalue weighted by molar-refractivity contribution is -0.135. The first kappa shape index (κ1) is 12.9. The van der Waals surface area contributed by atoms with E-state index in [0.29, 0.717) is 17.9 Å². The molecule has 2 fully saturated rings. The Morgan fingerprint density at radius 1 is 1.35 bits per heavy atom. The van der Waals surface area contributed by atoms with Gasteiger partial charge in [0.2, 0.25) is 5.91 Å². The number of likely N-dealkylation sites (tertiary alicyclic amines) is 1. The maximum atomic E-state index is 12.3. The minimum absolute atomic E-state index is 0.414. The van der Waals surface area contributed by atoms with Crippen LogP contribution < -0.4 is 5.32 Å². The summed E-state index contributed by atoms with van der Waals surface area (Å²) in [5.41, 5.74) is 0. The third kappa shape index (κ3) is 3.44. The molecular weight excluding hydrogens is 212 g/mol. The molecule has 2 aliphatic rings. The van der Waals surface area contributed by atoms with E-state index in [4.69, 9.17) is 0 Å². The summed E-state index contributed by atoms with van der Waals surface area (Å²) < 4.78 is 0. The van der Waals surface area contributed by atoms with Gasteiger partial charge in [0.05, 0.1) is 0 Å². The molecule has 2 saturated heterocycles. The first-order chi connectivity index (χ1) is 8.31. The molecule has 3 nitrogen and oxygen atoms in total. The van der Waals surface area contributed by atoms with Crippen molar-refractivity contribution in [2.45, 2.75) is 57.9 Å². The second-order valence-corrected chi connectivity index (χ2v) is 5.59. The van der Waals surface area contributed by atoms with Crippen molar-refractivity contribution in [3.63, 3.8) is 0 Å². The van der Waals surface area contributed by atoms with Crippen LogP contribution in [0.1, 0.15) is 51.9 Å². The predicted octanol–water partition coefficient (Wildman–Crippen LogP) is 2.17. The van der Waals surface area contributed by atoms with Crippen LogP contribution in [-0.2, 0) is 4.79 Å². The van der Waals surface area contributed by atoms with Crippen molar-refractivity contribution in [1.82, 2.24) is 10.2 Å². The second-order valence-electron chi connectivity index (χ2n) is 5.59. The topological polar surface area (TPSA) is 32.3 Å². The molecule has 0 saturated carbocycles. The van der Waals surface area contributed by atoms with Crippen LogP contribution in [0.5, 0.6) is 0 Å². The molecule has 0 bridgehead atoms. The van der Waals surface area contributed by atoms with Gasteiger partial charge in [-0.3, -0.25) is 4.79 Å². The smallest absolute Gasteiger partial charge is 0.223 e. The second kappa shape index (κ2) is 6.39. The molecule has 0 aromatic carbocycles. The molecule has 1 amide bonds. The fraction of sp³-hybridized carbons (Fsp3) is 0.929. The molecule has 2 heterocycles. The molecule has 0 radical (unpaired) electrons. The molecule has 2 rings (SSSR count). The van der Waals surface area contributed by atoms with Gasteiger partial charge in [0.1, 0.15) is 0 Å². The van der Waals surface area contributed by atoms with E-state index in [2.05, 4.69) is 17.1 Å². The summed E-state index contributed by atoms with van der Waals surface area (Å²) >= 11 is 0. The summed E-state index contributed by atoms with van der Waals surface area (Å²) in [6, 6.07) is 0.538. The van der Waals surface area contributed by atoms with E-state index >= 15 is 0 Å². The summed E-state index contributed by atoms with van der Waals surface area (Å²) in [6.45, 7) is 5.36. The number of piperidine rings is 1. The van der Waals surface area contributed by atoms with E-state index in [1.807, 2.05) is 0 Å². The third-order valence-electron chi connectivity index (χ3n) is 4.20. The van der Waals surface area contributed by atoms with Crippen molar-refractivity contribution in [3.8, 4) is 0 Å². The van der Waals surface area contributed by atoms with Crippen molar-refractivity contribution in [2.24, 2.45) is 5.92 Å². The van der Waals surface area contributed by atoms with E-state index in [1.165, 1.54) is 38.5 Å². The Bertz CT molecular complexity index is 247. The summed E-state index contributed by atoms with van der Waals surface area (Å²) in [4.78, 5) is 14.5. The van der Waals surface area contributed by atoms with Crippen molar-refractivity contribution in [1.29, 1.82) is 0 Å². The minimum Gasteiger partial charge on any atom is -0.340 e. The Labute approximate surface area is 105 Å². The molecule has 0 spiro atoms. The number of hydrogen-bond acceptors (Lipinski definition) is 2. The third-order valence-corrected chi connectivity index (χ3v) is 4.20. The number of rotatable bonds is 4. The van der Waals surface area contributed by atoms with E-state index < -0.39 is 0 Å². The number of amides is 1. The zero-order valence-electron chi connectivity index (χ0n) is 11.1. The molecule has 2 atom stereocenters. The van der Waals surface area contributed by atoms with Crippen LogP contribution in [0, 0.1) is 5.92 Å². The van der Waals surface area contributed by atoms with Gasteiger partial charge < -0.3 is 10.2 Å². The Hall–Kier alpha value is -0.570. The van der Waals surface area contributed by atoms with E-state index in [1.54, 1.807) is 0 Å². The molecular formula is C14H26N2O. The largest absolute Gasteiger partial charge is 0.340 e. The SMILES string of the molecule is CCCC1CCCCN1C(=O)CC1CCNC1. The Morgan fingerprint density at radius 2 is 2.24 bits per heavy atom. The van der Waals surface area contributed by atoms with Gasteiger partial charge in [0.25, 0.3) is 0 Å². The fourth-order valence-corrected chi connectivity index (χ4v) is 3.22. The first-order valence-electron chi connectivity index (χ1n) is 7.31. The first-order valence-corrected chi connectivity index (χ1v) is 7.31. The summed E-state index contributed by atoms with van der Waals surface area (Å²) in [7, 11) is 0. The lowest BCUT2D eigenvalue weighted by atomic mass is 9.96. The van der Waals surface area contributed by atoms with Crippen LogP contribution in [0.15, 0.2) is 0 Å². The van der Waals surface area contributed by atoms with Crippen molar-refractivity contribution in [3.05, 3.63) is 0 Å². The van der Waals surface area contributed by atoms with Gasteiger partial charge in [-0.25, -0.2) is 0 Å². The van der Waals surface area contributed by atoms with Crippen molar-refractivity contribution >= 4 is 5.91 Å². The van der Waals surface area contributed by atoms with Crippen LogP contribution in [0.3, 0.4) is 0 Å². The van der Waals surface area contributed by atoms with Gasteiger partial charge in [-0.05, 0) is 51.1 Å². The monoisotopic (exact) mass is 238 g/mol. The summed E-state index contributed by atoms with van der Waals surface area (Å²) in [6.07, 6.45) is 8.07. The maximum Gasteiger partial charge on any atom is 0.223 e. The van der Waals surface area contributed by atoms with Crippen LogP contribution in [0.2, 0.25) is 0 Å². The van der Waals surface area contributed by atoms with Gasteiger partial charge in [0.15, 0.2) is 0 Å². The Balaban J connectivity index is 1.86. The molecule has 0 aromatic heterocycles. The van der Waals surface area contributed by atoms with Gasteiger partial charge in [-0.1, -0.05) is 13.3 Å². The van der Waals surface area contributed by atoms with Crippen LogP contribution in [0.25, 0.3) is 0 Å². The van der Waals surface area contributed by atoms with Crippen LogP contribution in [0.4, 0.5) is 0 Å². The number of carbonyl (C=O) groups excluding carboxylic acids is 1. The van der Waals surface area contributed by atoms with Crippen LogP contribution >= 0.6 is 0 Å². The number of hydrogen-bond donors (Lipinski definition) is 1. The molecule has 17 heavy (non-hydrogen) atoms. The highest BCUT2D eigenvalue weighted by Crippen LogP contribution is 2.23. The highest BCUT2D eigenvalue weighted by molar-refractivity contribution is 5.77. The lowest BCUT2D eigenvalue weighted by Gasteiger charge is -2.36. The van der Waals surface area contributed by atoms with Crippen molar-refractivity contribution < 1.29 is 4.79 Å². The molecule has 98 valence electrons. The molecule has 2 aliphatic heterocycles. The molecule has 2 unspecified atom stereocenters. The minimum atomic E-state index is 0.414. The van der Waals surface area contributed by atoms with Gasteiger partial charge >= 0.3 is 0 Å². The molecule has 0 aliphatic carbocycles. The van der Waals surface area contributed by atoms with Gasteiger partial charge in [-0.15, -0.1) is 0 Å². The molecule has 0 aromatic rings. The highest BCUT2D eigenvalue weighted by Gasteiger charge is 2.28. The lowest BCUT2D eigenvalue weighted by Crippen LogP contribution is -2.44. The zero-order valence-corrected chi connectivity index (χ0v) is 11.1. The molecule has 1 N–H and O–H groups in total. The standard InChI is InChI=1S/C14H26N2O/c1-2-5-13-6-3-4-9-16(13)14(17)10-12-7-8-15-11-12/h12-13,15H,2-11H2,1H3. The normalized spacial score (nSPS) is 29.6. The van der Waals surface area contributed by atoms with E-state index in [0.717, 1.165) is 26.1 Å². The summed E-state index contributed by atoms with van der Waals surface area (Å²) in [5.74, 6) is 1.00. The van der Waals surface area contributed by atoms with Crippen molar-refractivity contribution in [2.75, 3.05) is 19.6 Å². The number of nitrogens with one attached hydrogen (secondary N) is 1. The fourth-order valence-electron chi connectivity index (χ4n) is 3.22. The Morgan fingerprint density at radius 3 is 2.94 bits per heavy atom. The van der Waals surface area contributed by atoms with Gasteiger partial charge in [-0.2, -0.15) is 0 Å². The Kier molecular flexibility index (Phi) is 4.84. The average molecular weight is 238 g/mol. The number of carbonyl (C=O) groups is 1. The van der Waals surface area contributed by atoms with Gasteiger partial charge in [0, 0.05) is 19.0 Å². The summed E-state index contributed by atoms with van der Waals surface area (Å²) in [5, 5.41) is 3.35. The number of nitrogens with zero attached hydrogens (tertiary/aromatic N) is 1.